The maximum Gasteiger partial charge on any atom is 0.239 e. The molecule has 0 fully saturated rings. The molecule has 0 aliphatic rings. The van der Waals surface area contributed by atoms with Gasteiger partial charge in [-0.05, 0) is 19.1 Å². The van der Waals surface area contributed by atoms with Crippen LogP contribution in [0.5, 0.6) is 5.75 Å². The third-order valence-electron chi connectivity index (χ3n) is 2.15. The van der Waals surface area contributed by atoms with Crippen LogP contribution in [-0.2, 0) is 4.79 Å². The Hall–Kier alpha value is -2.22. The zero-order valence-electron chi connectivity index (χ0n) is 9.15. The first kappa shape index (κ1) is 11.9. The number of nitrogens with two attached hydrogens (primary N) is 1. The van der Waals surface area contributed by atoms with Gasteiger partial charge in [0.2, 0.25) is 5.91 Å². The molecule has 0 aliphatic heterocycles. The van der Waals surface area contributed by atoms with Gasteiger partial charge in [0.05, 0.1) is 18.4 Å². The van der Waals surface area contributed by atoms with E-state index in [0.29, 0.717) is 17.0 Å². The Morgan fingerprint density at radius 1 is 1.62 bits per heavy atom. The van der Waals surface area contributed by atoms with Crippen LogP contribution in [-0.4, -0.2) is 19.1 Å². The summed E-state index contributed by atoms with van der Waals surface area (Å²) in [5.74, 6) is 0.130. The molecule has 1 aromatic carbocycles. The molecule has 5 heteroatoms. The summed E-state index contributed by atoms with van der Waals surface area (Å²) in [7, 11) is 1.53. The predicted molar refractivity (Wildman–Crippen MR) is 60.0 cm³/mol. The Bertz CT molecular complexity index is 437. The third kappa shape index (κ3) is 2.64. The van der Waals surface area contributed by atoms with E-state index in [1.54, 1.807) is 25.1 Å². The normalized spacial score (nSPS) is 11.3. The lowest BCUT2D eigenvalue weighted by atomic mass is 10.1. The van der Waals surface area contributed by atoms with E-state index in [-0.39, 0.29) is 0 Å². The molecule has 0 saturated heterocycles. The Labute approximate surface area is 93.8 Å². The molecule has 16 heavy (non-hydrogen) atoms. The number of carbonyl (C=O) groups is 1. The summed E-state index contributed by atoms with van der Waals surface area (Å²) in [6.07, 6.45) is 0. The van der Waals surface area contributed by atoms with Crippen LogP contribution in [0.2, 0.25) is 0 Å². The van der Waals surface area contributed by atoms with Crippen LogP contribution in [0.25, 0.3) is 0 Å². The lowest BCUT2D eigenvalue weighted by Crippen LogP contribution is -2.32. The van der Waals surface area contributed by atoms with E-state index in [1.807, 2.05) is 6.07 Å². The summed E-state index contributed by atoms with van der Waals surface area (Å²) in [6, 6.07) is 6.43. The molecule has 1 rings (SSSR count). The maximum atomic E-state index is 10.9. The van der Waals surface area contributed by atoms with Crippen LogP contribution >= 0.6 is 0 Å². The van der Waals surface area contributed by atoms with Gasteiger partial charge in [0.1, 0.15) is 17.9 Å². The number of rotatable bonds is 4. The number of nitrogens with zero attached hydrogens (tertiary/aromatic N) is 1. The topological polar surface area (TPSA) is 88.1 Å². The number of amides is 1. The number of methoxy groups -OCH3 is 1. The van der Waals surface area contributed by atoms with Gasteiger partial charge in [-0.2, -0.15) is 5.26 Å². The molecule has 1 aromatic rings. The minimum absolute atomic E-state index is 0.439. The number of hydrogen-bond acceptors (Lipinski definition) is 4. The Morgan fingerprint density at radius 3 is 2.81 bits per heavy atom. The van der Waals surface area contributed by atoms with Crippen molar-refractivity contribution in [3.05, 3.63) is 23.8 Å². The van der Waals surface area contributed by atoms with Gasteiger partial charge in [-0.25, -0.2) is 0 Å². The van der Waals surface area contributed by atoms with Crippen molar-refractivity contribution in [2.45, 2.75) is 13.0 Å². The number of carbonyl (C=O) groups excluding carboxylic acids is 1. The molecule has 5 nitrogen and oxygen atoms in total. The Balaban J connectivity index is 3.01. The average Bonchev–Trinajstić information content (AvgIpc) is 2.28. The van der Waals surface area contributed by atoms with Gasteiger partial charge in [-0.1, -0.05) is 0 Å². The quantitative estimate of drug-likeness (QED) is 0.785. The highest BCUT2D eigenvalue weighted by atomic mass is 16.5. The molecule has 0 saturated carbocycles. The molecule has 0 bridgehead atoms. The molecule has 0 aliphatic carbocycles. The number of primary amides is 1. The van der Waals surface area contributed by atoms with Crippen molar-refractivity contribution in [2.75, 3.05) is 12.4 Å². The van der Waals surface area contributed by atoms with Crippen LogP contribution in [0.1, 0.15) is 12.5 Å². The largest absolute Gasteiger partial charge is 0.497 e. The van der Waals surface area contributed by atoms with Gasteiger partial charge < -0.3 is 15.8 Å². The fraction of sp³-hybridized carbons (Fsp3) is 0.273. The van der Waals surface area contributed by atoms with Crippen molar-refractivity contribution in [3.8, 4) is 11.8 Å². The van der Waals surface area contributed by atoms with E-state index in [2.05, 4.69) is 5.32 Å². The lowest BCUT2D eigenvalue weighted by molar-refractivity contribution is -0.118. The summed E-state index contributed by atoms with van der Waals surface area (Å²) < 4.78 is 5.03. The van der Waals surface area contributed by atoms with Crippen LogP contribution in [0.3, 0.4) is 0 Å². The van der Waals surface area contributed by atoms with Gasteiger partial charge >= 0.3 is 0 Å². The Kier molecular flexibility index (Phi) is 3.72. The van der Waals surface area contributed by atoms with E-state index in [9.17, 15) is 4.79 Å². The van der Waals surface area contributed by atoms with E-state index in [0.717, 1.165) is 0 Å². The predicted octanol–water partition coefficient (Wildman–Crippen LogP) is 0.853. The van der Waals surface area contributed by atoms with Gasteiger partial charge in [-0.15, -0.1) is 0 Å². The molecule has 1 atom stereocenters. The second-order valence-electron chi connectivity index (χ2n) is 3.29. The minimum Gasteiger partial charge on any atom is -0.497 e. The SMILES string of the molecule is COc1ccc(C#N)c(NC(C)C(N)=O)c1. The smallest absolute Gasteiger partial charge is 0.239 e. The van der Waals surface area contributed by atoms with E-state index >= 15 is 0 Å². The summed E-state index contributed by atoms with van der Waals surface area (Å²) in [6.45, 7) is 1.63. The van der Waals surface area contributed by atoms with Gasteiger partial charge in [-0.3, -0.25) is 4.79 Å². The lowest BCUT2D eigenvalue weighted by Gasteiger charge is -2.13. The monoisotopic (exact) mass is 219 g/mol. The third-order valence-corrected chi connectivity index (χ3v) is 2.15. The van der Waals surface area contributed by atoms with E-state index in [4.69, 9.17) is 15.7 Å². The summed E-state index contributed by atoms with van der Waals surface area (Å²) in [5.41, 5.74) is 6.10. The van der Waals surface area contributed by atoms with Crippen molar-refractivity contribution in [1.82, 2.24) is 0 Å². The number of nitrogens with one attached hydrogen (secondary N) is 1. The first-order valence-corrected chi connectivity index (χ1v) is 4.72. The van der Waals surface area contributed by atoms with Crippen LogP contribution in [0, 0.1) is 11.3 Å². The minimum atomic E-state index is -0.542. The molecule has 0 radical (unpaired) electrons. The molecule has 1 unspecified atom stereocenters. The zero-order valence-corrected chi connectivity index (χ0v) is 9.15. The highest BCUT2D eigenvalue weighted by molar-refractivity contribution is 5.83. The van der Waals surface area contributed by atoms with E-state index < -0.39 is 11.9 Å². The van der Waals surface area contributed by atoms with Crippen molar-refractivity contribution in [1.29, 1.82) is 5.26 Å². The molecular formula is C11H13N3O2. The highest BCUT2D eigenvalue weighted by Gasteiger charge is 2.11. The zero-order chi connectivity index (χ0) is 12.1. The molecule has 84 valence electrons. The van der Waals surface area contributed by atoms with Crippen molar-refractivity contribution >= 4 is 11.6 Å². The van der Waals surface area contributed by atoms with Crippen LogP contribution in [0.15, 0.2) is 18.2 Å². The van der Waals surface area contributed by atoms with Crippen molar-refractivity contribution in [3.63, 3.8) is 0 Å². The second kappa shape index (κ2) is 5.03. The molecule has 3 N–H and O–H groups in total. The van der Waals surface area contributed by atoms with Gasteiger partial charge in [0, 0.05) is 6.07 Å². The molecule has 0 aromatic heterocycles. The molecule has 0 spiro atoms. The van der Waals surface area contributed by atoms with Crippen molar-refractivity contribution < 1.29 is 9.53 Å². The fourth-order valence-electron chi connectivity index (χ4n) is 1.17. The number of nitriles is 1. The number of anilines is 1. The number of ether oxygens (including phenoxy) is 1. The highest BCUT2D eigenvalue weighted by Crippen LogP contribution is 2.22. The molecular weight excluding hydrogens is 206 g/mol. The summed E-state index contributed by atoms with van der Waals surface area (Å²) in [4.78, 5) is 10.9. The number of hydrogen-bond donors (Lipinski definition) is 2. The summed E-state index contributed by atoms with van der Waals surface area (Å²) in [5, 5.41) is 11.7. The van der Waals surface area contributed by atoms with E-state index in [1.165, 1.54) is 7.11 Å². The first-order valence-electron chi connectivity index (χ1n) is 4.72. The standard InChI is InChI=1S/C11H13N3O2/c1-7(11(13)15)14-10-5-9(16-2)4-3-8(10)6-12/h3-5,7,14H,1-2H3,(H2,13,15). The van der Waals surface area contributed by atoms with Crippen LogP contribution in [0.4, 0.5) is 5.69 Å². The van der Waals surface area contributed by atoms with Gasteiger partial charge in [0.15, 0.2) is 0 Å². The number of benzene rings is 1. The molecule has 0 heterocycles. The van der Waals surface area contributed by atoms with Crippen LogP contribution < -0.4 is 15.8 Å². The second-order valence-corrected chi connectivity index (χ2v) is 3.29. The fourth-order valence-corrected chi connectivity index (χ4v) is 1.17. The van der Waals surface area contributed by atoms with Gasteiger partial charge in [0.25, 0.3) is 0 Å². The Morgan fingerprint density at radius 2 is 2.31 bits per heavy atom. The average molecular weight is 219 g/mol. The van der Waals surface area contributed by atoms with Crippen molar-refractivity contribution in [2.24, 2.45) is 5.73 Å². The first-order chi connectivity index (χ1) is 7.58. The molecule has 1 amide bonds. The maximum absolute atomic E-state index is 10.9. The summed E-state index contributed by atoms with van der Waals surface area (Å²) >= 11 is 0.